The molecular formula is C17H19N2O2-. The van der Waals surface area contributed by atoms with Gasteiger partial charge < -0.3 is 9.90 Å². The lowest BCUT2D eigenvalue weighted by molar-refractivity contribution is -0.255. The summed E-state index contributed by atoms with van der Waals surface area (Å²) in [6.07, 6.45) is 6.62. The van der Waals surface area contributed by atoms with E-state index in [1.165, 1.54) is 43.9 Å². The molecule has 0 spiro atoms. The number of anilines is 1. The molecule has 21 heavy (non-hydrogen) atoms. The van der Waals surface area contributed by atoms with Gasteiger partial charge in [-0.1, -0.05) is 12.1 Å². The predicted octanol–water partition coefficient (Wildman–Crippen LogP) is 2.27. The first-order valence-electron chi connectivity index (χ1n) is 7.84. The molecule has 4 aliphatic carbocycles. The van der Waals surface area contributed by atoms with Gasteiger partial charge in [0.05, 0.1) is 11.7 Å². The topological polar surface area (TPSA) is 64.5 Å². The summed E-state index contributed by atoms with van der Waals surface area (Å²) in [5.74, 6) is 2.00. The molecule has 5 rings (SSSR count). The number of hydrogen-bond donors (Lipinski definition) is 1. The van der Waals surface area contributed by atoms with Crippen molar-refractivity contribution >= 4 is 17.4 Å². The fraction of sp³-hybridized carbons (Fsp3) is 0.529. The molecule has 4 fully saturated rings. The fourth-order valence-corrected chi connectivity index (χ4v) is 4.69. The average molecular weight is 283 g/mol. The Hall–Kier alpha value is -1.84. The summed E-state index contributed by atoms with van der Waals surface area (Å²) in [6.45, 7) is 0. The summed E-state index contributed by atoms with van der Waals surface area (Å²) in [5.41, 5.74) is 5.29. The van der Waals surface area contributed by atoms with E-state index in [0.717, 1.165) is 17.5 Å². The zero-order valence-electron chi connectivity index (χ0n) is 11.9. The molecule has 0 unspecified atom stereocenters. The molecule has 1 aromatic carbocycles. The fourth-order valence-electron chi connectivity index (χ4n) is 4.69. The number of carboxylic acids is 1. The highest BCUT2D eigenvalue weighted by Gasteiger charge is 2.46. The Balaban J connectivity index is 1.53. The Morgan fingerprint density at radius 2 is 1.76 bits per heavy atom. The van der Waals surface area contributed by atoms with Crippen LogP contribution in [0, 0.1) is 23.7 Å². The summed E-state index contributed by atoms with van der Waals surface area (Å²) in [6, 6.07) is 6.67. The largest absolute Gasteiger partial charge is 0.545 e. The van der Waals surface area contributed by atoms with Gasteiger partial charge in [-0.15, -0.1) is 0 Å². The van der Waals surface area contributed by atoms with Gasteiger partial charge in [0.1, 0.15) is 0 Å². The van der Waals surface area contributed by atoms with Crippen LogP contribution < -0.4 is 10.5 Å². The van der Waals surface area contributed by atoms with Crippen LogP contribution in [-0.4, -0.2) is 11.7 Å². The maximum atomic E-state index is 10.9. The van der Waals surface area contributed by atoms with Gasteiger partial charge in [0.15, 0.2) is 0 Å². The van der Waals surface area contributed by atoms with Gasteiger partial charge in [0.2, 0.25) is 0 Å². The highest BCUT2D eigenvalue weighted by atomic mass is 16.4. The van der Waals surface area contributed by atoms with E-state index >= 15 is 0 Å². The smallest absolute Gasteiger partial charge is 0.0716 e. The van der Waals surface area contributed by atoms with Crippen LogP contribution in [0.2, 0.25) is 0 Å². The molecule has 4 saturated carbocycles. The molecule has 1 aromatic rings. The molecule has 4 bridgehead atoms. The second-order valence-electron chi connectivity index (χ2n) is 6.82. The number of aromatic carboxylic acids is 1. The van der Waals surface area contributed by atoms with Crippen LogP contribution in [0.4, 0.5) is 5.69 Å². The number of carbonyl (C=O) groups is 1. The number of hydrogen-bond acceptors (Lipinski definition) is 4. The third kappa shape index (κ3) is 2.33. The molecule has 0 aliphatic heterocycles. The van der Waals surface area contributed by atoms with Crippen molar-refractivity contribution in [2.45, 2.75) is 32.1 Å². The minimum atomic E-state index is -1.15. The van der Waals surface area contributed by atoms with Crippen molar-refractivity contribution in [3.63, 3.8) is 0 Å². The standard InChI is InChI=1S/C17H20N2O2/c20-17(21)12-2-1-3-15(9-12)18-19-16-13-5-10-4-11(7-13)8-14(16)6-10/h1-3,9-11,13-14,18H,4-8H2,(H,20,21)/p-1. The quantitative estimate of drug-likeness (QED) is 0.865. The second-order valence-corrected chi connectivity index (χ2v) is 6.82. The van der Waals surface area contributed by atoms with E-state index in [2.05, 4.69) is 10.5 Å². The number of rotatable bonds is 3. The second kappa shape index (κ2) is 4.86. The Morgan fingerprint density at radius 3 is 2.38 bits per heavy atom. The van der Waals surface area contributed by atoms with Crippen LogP contribution in [0.25, 0.3) is 0 Å². The van der Waals surface area contributed by atoms with Gasteiger partial charge in [-0.3, -0.25) is 5.43 Å². The van der Waals surface area contributed by atoms with E-state index in [1.807, 2.05) is 6.07 Å². The maximum absolute atomic E-state index is 10.9. The molecule has 4 heteroatoms. The zero-order valence-corrected chi connectivity index (χ0v) is 11.9. The first-order valence-corrected chi connectivity index (χ1v) is 7.84. The molecule has 0 saturated heterocycles. The maximum Gasteiger partial charge on any atom is 0.0716 e. The average Bonchev–Trinajstić information content (AvgIpc) is 2.46. The normalized spacial score (nSPS) is 33.0. The molecule has 0 heterocycles. The predicted molar refractivity (Wildman–Crippen MR) is 78.9 cm³/mol. The van der Waals surface area contributed by atoms with Gasteiger partial charge in [0, 0.05) is 5.71 Å². The molecule has 1 N–H and O–H groups in total. The molecule has 4 aliphatic rings. The number of hydrazone groups is 1. The summed E-state index contributed by atoms with van der Waals surface area (Å²) < 4.78 is 0. The lowest BCUT2D eigenvalue weighted by Crippen LogP contribution is -2.45. The third-order valence-corrected chi connectivity index (χ3v) is 5.39. The molecule has 0 atom stereocenters. The highest BCUT2D eigenvalue weighted by Crippen LogP contribution is 2.52. The molecule has 0 radical (unpaired) electrons. The van der Waals surface area contributed by atoms with Crippen LogP contribution >= 0.6 is 0 Å². The summed E-state index contributed by atoms with van der Waals surface area (Å²) >= 11 is 0. The molecule has 110 valence electrons. The number of carbonyl (C=O) groups excluding carboxylic acids is 1. The number of nitrogens with zero attached hydrogens (tertiary/aromatic N) is 1. The molecular weight excluding hydrogens is 264 g/mol. The van der Waals surface area contributed by atoms with Crippen molar-refractivity contribution in [1.82, 2.24) is 0 Å². The van der Waals surface area contributed by atoms with E-state index in [1.54, 1.807) is 12.1 Å². The van der Waals surface area contributed by atoms with E-state index in [0.29, 0.717) is 11.8 Å². The SMILES string of the molecule is O=C([O-])c1cccc(NN=C2C3CC4CC(C3)CC2C4)c1. The van der Waals surface area contributed by atoms with Crippen LogP contribution in [-0.2, 0) is 0 Å². The van der Waals surface area contributed by atoms with Crippen LogP contribution in [0.1, 0.15) is 42.5 Å². The Kier molecular flexibility index (Phi) is 2.98. The van der Waals surface area contributed by atoms with Gasteiger partial charge >= 0.3 is 0 Å². The Bertz CT molecular complexity index is 579. The van der Waals surface area contributed by atoms with Crippen molar-refractivity contribution in [1.29, 1.82) is 0 Å². The molecule has 0 amide bonds. The van der Waals surface area contributed by atoms with E-state index < -0.39 is 5.97 Å². The molecule has 4 nitrogen and oxygen atoms in total. The van der Waals surface area contributed by atoms with Crippen molar-refractivity contribution in [2.75, 3.05) is 5.43 Å². The van der Waals surface area contributed by atoms with Crippen molar-refractivity contribution in [3.05, 3.63) is 29.8 Å². The van der Waals surface area contributed by atoms with Gasteiger partial charge in [-0.05, 0) is 73.5 Å². The lowest BCUT2D eigenvalue weighted by atomic mass is 9.55. The van der Waals surface area contributed by atoms with Crippen molar-refractivity contribution in [3.8, 4) is 0 Å². The van der Waals surface area contributed by atoms with Gasteiger partial charge in [-0.2, -0.15) is 5.10 Å². The first-order chi connectivity index (χ1) is 10.2. The first kappa shape index (κ1) is 12.9. The van der Waals surface area contributed by atoms with Crippen LogP contribution in [0.15, 0.2) is 29.4 Å². The van der Waals surface area contributed by atoms with E-state index in [4.69, 9.17) is 0 Å². The van der Waals surface area contributed by atoms with Crippen molar-refractivity contribution in [2.24, 2.45) is 28.8 Å². The van der Waals surface area contributed by atoms with Crippen LogP contribution in [0.5, 0.6) is 0 Å². The minimum Gasteiger partial charge on any atom is -0.545 e. The minimum absolute atomic E-state index is 0.185. The summed E-state index contributed by atoms with van der Waals surface area (Å²) in [4.78, 5) is 10.9. The van der Waals surface area contributed by atoms with Crippen molar-refractivity contribution < 1.29 is 9.90 Å². The number of nitrogens with one attached hydrogen (secondary N) is 1. The number of benzene rings is 1. The summed E-state index contributed by atoms with van der Waals surface area (Å²) in [7, 11) is 0. The molecule has 0 aromatic heterocycles. The highest BCUT2D eigenvalue weighted by molar-refractivity contribution is 5.91. The Morgan fingerprint density at radius 1 is 1.10 bits per heavy atom. The Labute approximate surface area is 124 Å². The van der Waals surface area contributed by atoms with E-state index in [-0.39, 0.29) is 5.56 Å². The number of carboxylic acid groups (broad SMARTS) is 1. The zero-order chi connectivity index (χ0) is 14.4. The van der Waals surface area contributed by atoms with Gasteiger partial charge in [-0.25, -0.2) is 0 Å². The summed E-state index contributed by atoms with van der Waals surface area (Å²) in [5, 5.41) is 15.5. The lowest BCUT2D eigenvalue weighted by Gasteiger charge is -2.50. The monoisotopic (exact) mass is 283 g/mol. The van der Waals surface area contributed by atoms with Gasteiger partial charge in [0.25, 0.3) is 0 Å². The van der Waals surface area contributed by atoms with Crippen LogP contribution in [0.3, 0.4) is 0 Å². The van der Waals surface area contributed by atoms with E-state index in [9.17, 15) is 9.90 Å². The third-order valence-electron chi connectivity index (χ3n) is 5.39.